The summed E-state index contributed by atoms with van der Waals surface area (Å²) in [5, 5.41) is 11.0. The van der Waals surface area contributed by atoms with Crippen LogP contribution in [0.3, 0.4) is 0 Å². The first-order valence-electron chi connectivity index (χ1n) is 4.26. The molecule has 1 heterocycles. The fraction of sp³-hybridized carbons (Fsp3) is 0. The smallest absolute Gasteiger partial charge is 0.122 e. The van der Waals surface area contributed by atoms with Crippen LogP contribution in [0.1, 0.15) is 0 Å². The second-order valence-electron chi connectivity index (χ2n) is 2.95. The van der Waals surface area contributed by atoms with Crippen molar-refractivity contribution in [2.24, 2.45) is 5.11 Å². The third-order valence-corrected chi connectivity index (χ3v) is 2.47. The number of nitrogens with zero attached hydrogens (tertiary/aromatic N) is 4. The molecule has 1 aromatic carbocycles. The van der Waals surface area contributed by atoms with E-state index in [1.807, 2.05) is 0 Å². The standard InChI is InChI=1S/C9H5Cl2N5/c10-5-1-2-6(7(11)3-5)8-4-9(14-13-8)15-16-12/h1-4H,(H,13,14). The van der Waals surface area contributed by atoms with Gasteiger partial charge in [0.2, 0.25) is 0 Å². The minimum absolute atomic E-state index is 0.337. The Bertz CT molecular complexity index is 571. The van der Waals surface area contributed by atoms with E-state index < -0.39 is 0 Å². The first-order valence-corrected chi connectivity index (χ1v) is 5.02. The molecular formula is C9H5Cl2N5. The van der Waals surface area contributed by atoms with Crippen molar-refractivity contribution in [2.75, 3.05) is 0 Å². The third kappa shape index (κ3) is 2.12. The molecule has 1 N–H and O–H groups in total. The van der Waals surface area contributed by atoms with Gasteiger partial charge in [0.25, 0.3) is 0 Å². The van der Waals surface area contributed by atoms with Gasteiger partial charge in [-0.05, 0) is 34.9 Å². The summed E-state index contributed by atoms with van der Waals surface area (Å²) in [6.07, 6.45) is 0. The number of hydrogen-bond acceptors (Lipinski definition) is 2. The summed E-state index contributed by atoms with van der Waals surface area (Å²) in [5.74, 6) is 0.337. The Morgan fingerprint density at radius 2 is 2.12 bits per heavy atom. The lowest BCUT2D eigenvalue weighted by Crippen LogP contribution is -1.79. The van der Waals surface area contributed by atoms with Crippen molar-refractivity contribution in [3.63, 3.8) is 0 Å². The topological polar surface area (TPSA) is 77.4 Å². The van der Waals surface area contributed by atoms with Crippen molar-refractivity contribution in [1.82, 2.24) is 10.2 Å². The molecule has 7 heteroatoms. The van der Waals surface area contributed by atoms with Gasteiger partial charge in [-0.25, -0.2) is 0 Å². The van der Waals surface area contributed by atoms with Gasteiger partial charge in [-0.1, -0.05) is 23.2 Å². The highest BCUT2D eigenvalue weighted by Gasteiger charge is 2.07. The molecule has 0 aliphatic heterocycles. The van der Waals surface area contributed by atoms with Crippen molar-refractivity contribution in [3.05, 3.63) is 44.8 Å². The maximum Gasteiger partial charge on any atom is 0.122 e. The SMILES string of the molecule is [N-]=[N+]=Nc1cc(-c2ccc(Cl)cc2Cl)n[nH]1. The first kappa shape index (κ1) is 10.8. The van der Waals surface area contributed by atoms with Crippen LogP contribution in [0.2, 0.25) is 10.0 Å². The largest absolute Gasteiger partial charge is 0.275 e. The number of hydrogen-bond donors (Lipinski definition) is 1. The van der Waals surface area contributed by atoms with Crippen molar-refractivity contribution in [2.45, 2.75) is 0 Å². The van der Waals surface area contributed by atoms with Crippen molar-refractivity contribution >= 4 is 29.0 Å². The highest BCUT2D eigenvalue weighted by molar-refractivity contribution is 6.36. The molecule has 0 bridgehead atoms. The van der Waals surface area contributed by atoms with Crippen LogP contribution in [-0.2, 0) is 0 Å². The number of benzene rings is 1. The Morgan fingerprint density at radius 3 is 2.81 bits per heavy atom. The van der Waals surface area contributed by atoms with Gasteiger partial charge < -0.3 is 0 Å². The van der Waals surface area contributed by atoms with E-state index in [4.69, 9.17) is 28.7 Å². The molecule has 5 nitrogen and oxygen atoms in total. The van der Waals surface area contributed by atoms with E-state index in [0.717, 1.165) is 5.56 Å². The highest BCUT2D eigenvalue weighted by atomic mass is 35.5. The number of aromatic nitrogens is 2. The van der Waals surface area contributed by atoms with Crippen molar-refractivity contribution in [3.8, 4) is 11.3 Å². The van der Waals surface area contributed by atoms with Gasteiger partial charge in [-0.15, -0.1) is 0 Å². The van der Waals surface area contributed by atoms with Crippen LogP contribution in [0.15, 0.2) is 29.4 Å². The number of azide groups is 1. The number of H-pyrrole nitrogens is 1. The van der Waals surface area contributed by atoms with Gasteiger partial charge in [0.05, 0.1) is 10.7 Å². The van der Waals surface area contributed by atoms with E-state index in [0.29, 0.717) is 21.6 Å². The van der Waals surface area contributed by atoms with Gasteiger partial charge in [0.15, 0.2) is 0 Å². The molecular weight excluding hydrogens is 249 g/mol. The lowest BCUT2D eigenvalue weighted by molar-refractivity contribution is 1.08. The summed E-state index contributed by atoms with van der Waals surface area (Å²) in [6, 6.07) is 6.70. The normalized spacial score (nSPS) is 9.88. The van der Waals surface area contributed by atoms with Crippen LogP contribution < -0.4 is 0 Å². The van der Waals surface area contributed by atoms with E-state index >= 15 is 0 Å². The number of aromatic amines is 1. The van der Waals surface area contributed by atoms with Gasteiger partial charge in [-0.3, -0.25) is 5.10 Å². The molecule has 0 atom stereocenters. The Labute approximate surface area is 101 Å². The zero-order valence-corrected chi connectivity index (χ0v) is 9.37. The fourth-order valence-corrected chi connectivity index (χ4v) is 1.75. The Hall–Kier alpha value is -1.68. The molecule has 0 saturated heterocycles. The lowest BCUT2D eigenvalue weighted by atomic mass is 10.1. The first-order chi connectivity index (χ1) is 7.70. The third-order valence-electron chi connectivity index (χ3n) is 1.92. The molecule has 1 aromatic heterocycles. The number of rotatable bonds is 2. The molecule has 0 amide bonds. The summed E-state index contributed by atoms with van der Waals surface area (Å²) < 4.78 is 0. The summed E-state index contributed by atoms with van der Waals surface area (Å²) in [6.45, 7) is 0. The molecule has 0 saturated carbocycles. The molecule has 0 spiro atoms. The van der Waals surface area contributed by atoms with Crippen LogP contribution in [0.4, 0.5) is 5.82 Å². The van der Waals surface area contributed by atoms with Gasteiger partial charge >= 0.3 is 0 Å². The number of halogens is 2. The van der Waals surface area contributed by atoms with Crippen LogP contribution >= 0.6 is 23.2 Å². The molecule has 0 aliphatic carbocycles. The molecule has 2 aromatic rings. The minimum atomic E-state index is 0.337. The summed E-state index contributed by atoms with van der Waals surface area (Å²) in [7, 11) is 0. The summed E-state index contributed by atoms with van der Waals surface area (Å²) in [5.41, 5.74) is 9.58. The molecule has 0 radical (unpaired) electrons. The average molecular weight is 254 g/mol. The van der Waals surface area contributed by atoms with Gasteiger partial charge in [-0.2, -0.15) is 5.10 Å². The van der Waals surface area contributed by atoms with Gasteiger partial charge in [0.1, 0.15) is 5.82 Å². The minimum Gasteiger partial charge on any atom is -0.275 e. The Kier molecular flexibility index (Phi) is 3.01. The van der Waals surface area contributed by atoms with Crippen molar-refractivity contribution < 1.29 is 0 Å². The maximum atomic E-state index is 8.26. The second kappa shape index (κ2) is 4.45. The molecule has 0 unspecified atom stereocenters. The van der Waals surface area contributed by atoms with Crippen molar-refractivity contribution in [1.29, 1.82) is 0 Å². The average Bonchev–Trinajstić information content (AvgIpc) is 2.67. The monoisotopic (exact) mass is 253 g/mol. The van der Waals surface area contributed by atoms with E-state index in [1.54, 1.807) is 24.3 Å². The summed E-state index contributed by atoms with van der Waals surface area (Å²) >= 11 is 11.8. The van der Waals surface area contributed by atoms with Crippen LogP contribution in [0, 0.1) is 0 Å². The molecule has 80 valence electrons. The van der Waals surface area contributed by atoms with Crippen LogP contribution in [0.5, 0.6) is 0 Å². The quantitative estimate of drug-likeness (QED) is 0.483. The van der Waals surface area contributed by atoms with Crippen LogP contribution in [-0.4, -0.2) is 10.2 Å². The van der Waals surface area contributed by atoms with E-state index in [1.165, 1.54) is 0 Å². The Balaban J connectivity index is 2.46. The highest BCUT2D eigenvalue weighted by Crippen LogP contribution is 2.30. The maximum absolute atomic E-state index is 8.26. The summed E-state index contributed by atoms with van der Waals surface area (Å²) in [4.78, 5) is 2.65. The molecule has 0 fully saturated rings. The zero-order valence-electron chi connectivity index (χ0n) is 7.85. The van der Waals surface area contributed by atoms with E-state index in [2.05, 4.69) is 20.2 Å². The fourth-order valence-electron chi connectivity index (χ4n) is 1.25. The van der Waals surface area contributed by atoms with Gasteiger partial charge in [0, 0.05) is 15.5 Å². The predicted octanol–water partition coefficient (Wildman–Crippen LogP) is 4.33. The molecule has 2 rings (SSSR count). The van der Waals surface area contributed by atoms with E-state index in [9.17, 15) is 0 Å². The zero-order chi connectivity index (χ0) is 11.5. The number of nitrogens with one attached hydrogen (secondary N) is 1. The molecule has 16 heavy (non-hydrogen) atoms. The predicted molar refractivity (Wildman–Crippen MR) is 62.8 cm³/mol. The Morgan fingerprint density at radius 1 is 1.31 bits per heavy atom. The van der Waals surface area contributed by atoms with E-state index in [-0.39, 0.29) is 0 Å². The second-order valence-corrected chi connectivity index (χ2v) is 3.80. The lowest BCUT2D eigenvalue weighted by Gasteiger charge is -1.99. The molecule has 0 aliphatic rings. The van der Waals surface area contributed by atoms with Crippen LogP contribution in [0.25, 0.3) is 21.7 Å².